The predicted molar refractivity (Wildman–Crippen MR) is 109 cm³/mol. The molecule has 1 aliphatic rings. The number of para-hydroxylation sites is 1. The minimum Gasteiger partial charge on any atom is -0.354 e. The Morgan fingerprint density at radius 2 is 1.59 bits per heavy atom. The van der Waals surface area contributed by atoms with Crippen LogP contribution in [0.15, 0.2) is 60.7 Å². The first-order valence-electron chi connectivity index (χ1n) is 9.16. The summed E-state index contributed by atoms with van der Waals surface area (Å²) in [5, 5.41) is 1.16. The van der Waals surface area contributed by atoms with Gasteiger partial charge in [0.25, 0.3) is 0 Å². The van der Waals surface area contributed by atoms with Crippen LogP contribution in [-0.2, 0) is 15.8 Å². The normalized spacial score (nSPS) is 16.0. The maximum absolute atomic E-state index is 12.7. The number of hydrogen-bond donors (Lipinski definition) is 0. The smallest absolute Gasteiger partial charge is 0.218 e. The molecule has 0 atom stereocenters. The third-order valence-corrected chi connectivity index (χ3v) is 6.91. The lowest BCUT2D eigenvalue weighted by Crippen LogP contribution is -2.49. The van der Waals surface area contributed by atoms with Crippen molar-refractivity contribution in [2.24, 2.45) is 0 Å². The van der Waals surface area contributed by atoms with E-state index >= 15 is 0 Å². The second kappa shape index (κ2) is 7.29. The van der Waals surface area contributed by atoms with Crippen LogP contribution in [0.25, 0.3) is 10.9 Å². The van der Waals surface area contributed by atoms with Gasteiger partial charge in [-0.3, -0.25) is 0 Å². The Morgan fingerprint density at radius 3 is 2.33 bits per heavy atom. The Kier molecular flexibility index (Phi) is 4.85. The van der Waals surface area contributed by atoms with Crippen molar-refractivity contribution in [3.05, 3.63) is 71.8 Å². The lowest BCUT2D eigenvalue weighted by molar-refractivity contribution is 0.383. The number of nitrogens with zero attached hydrogens (tertiary/aromatic N) is 3. The van der Waals surface area contributed by atoms with Crippen molar-refractivity contribution in [2.75, 3.05) is 31.1 Å². The van der Waals surface area contributed by atoms with Crippen molar-refractivity contribution in [1.82, 2.24) is 9.29 Å². The number of fused-ring (bicyclic) bond motifs is 1. The van der Waals surface area contributed by atoms with E-state index in [-0.39, 0.29) is 5.75 Å². The van der Waals surface area contributed by atoms with Gasteiger partial charge in [0.1, 0.15) is 5.82 Å². The van der Waals surface area contributed by atoms with Crippen LogP contribution < -0.4 is 4.90 Å². The molecule has 0 bridgehead atoms. The fourth-order valence-corrected chi connectivity index (χ4v) is 5.08. The molecule has 0 aliphatic carbocycles. The van der Waals surface area contributed by atoms with Gasteiger partial charge in [0.2, 0.25) is 10.0 Å². The van der Waals surface area contributed by atoms with Crippen LogP contribution >= 0.6 is 0 Å². The van der Waals surface area contributed by atoms with Crippen LogP contribution in [-0.4, -0.2) is 43.9 Å². The van der Waals surface area contributed by atoms with E-state index in [0.717, 1.165) is 22.3 Å². The highest BCUT2D eigenvalue weighted by Gasteiger charge is 2.27. The van der Waals surface area contributed by atoms with Crippen LogP contribution in [0.4, 0.5) is 5.82 Å². The van der Waals surface area contributed by atoms with E-state index in [1.165, 1.54) is 5.56 Å². The maximum Gasteiger partial charge on any atom is 0.218 e. The number of piperazine rings is 1. The summed E-state index contributed by atoms with van der Waals surface area (Å²) in [6.07, 6.45) is 0. The molecule has 0 unspecified atom stereocenters. The molecule has 1 saturated heterocycles. The van der Waals surface area contributed by atoms with Gasteiger partial charge >= 0.3 is 0 Å². The number of aryl methyl sites for hydroxylation is 1. The minimum atomic E-state index is -3.30. The molecule has 0 N–H and O–H groups in total. The average Bonchev–Trinajstić information content (AvgIpc) is 2.68. The summed E-state index contributed by atoms with van der Waals surface area (Å²) in [5.41, 5.74) is 2.99. The van der Waals surface area contributed by atoms with E-state index in [9.17, 15) is 8.42 Å². The van der Waals surface area contributed by atoms with Crippen LogP contribution in [0.1, 0.15) is 11.1 Å². The molecule has 1 aliphatic heterocycles. The van der Waals surface area contributed by atoms with E-state index in [1.807, 2.05) is 48.5 Å². The number of aromatic nitrogens is 1. The lowest BCUT2D eigenvalue weighted by Gasteiger charge is -2.35. The Labute approximate surface area is 160 Å². The van der Waals surface area contributed by atoms with Crippen LogP contribution in [0.3, 0.4) is 0 Å². The van der Waals surface area contributed by atoms with Gasteiger partial charge in [-0.25, -0.2) is 13.4 Å². The first-order chi connectivity index (χ1) is 13.0. The molecule has 27 heavy (non-hydrogen) atoms. The van der Waals surface area contributed by atoms with Crippen molar-refractivity contribution in [1.29, 1.82) is 0 Å². The molecule has 2 aromatic carbocycles. The summed E-state index contributed by atoms with van der Waals surface area (Å²) in [7, 11) is -3.30. The van der Waals surface area contributed by atoms with Gasteiger partial charge in [-0.1, -0.05) is 48.5 Å². The molecule has 3 aromatic rings. The molecule has 4 rings (SSSR count). The van der Waals surface area contributed by atoms with Crippen molar-refractivity contribution >= 4 is 26.7 Å². The van der Waals surface area contributed by atoms with Gasteiger partial charge in [-0.15, -0.1) is 0 Å². The van der Waals surface area contributed by atoms with E-state index in [0.29, 0.717) is 26.2 Å². The maximum atomic E-state index is 12.7. The average molecular weight is 382 g/mol. The summed E-state index contributed by atoms with van der Waals surface area (Å²) in [5.74, 6) is 0.979. The predicted octanol–water partition coefficient (Wildman–Crippen LogP) is 3.20. The van der Waals surface area contributed by atoms with E-state index in [2.05, 4.69) is 24.0 Å². The number of benzene rings is 2. The first kappa shape index (κ1) is 17.9. The Morgan fingerprint density at radius 1 is 0.926 bits per heavy atom. The number of anilines is 1. The van der Waals surface area contributed by atoms with E-state index < -0.39 is 10.0 Å². The number of pyridine rings is 1. The molecule has 5 nitrogen and oxygen atoms in total. The Balaban J connectivity index is 1.47. The third-order valence-electron chi connectivity index (χ3n) is 5.06. The highest BCUT2D eigenvalue weighted by molar-refractivity contribution is 7.88. The summed E-state index contributed by atoms with van der Waals surface area (Å²) in [6, 6.07) is 19.6. The van der Waals surface area contributed by atoms with Crippen molar-refractivity contribution in [3.63, 3.8) is 0 Å². The second-order valence-electron chi connectivity index (χ2n) is 6.94. The molecule has 0 saturated carbocycles. The monoisotopic (exact) mass is 381 g/mol. The summed E-state index contributed by atoms with van der Waals surface area (Å²) < 4.78 is 27.0. The van der Waals surface area contributed by atoms with Gasteiger partial charge in [0.05, 0.1) is 11.3 Å². The first-order valence-corrected chi connectivity index (χ1v) is 10.8. The number of sulfonamides is 1. The molecule has 140 valence electrons. The Hall–Kier alpha value is -2.44. The second-order valence-corrected chi connectivity index (χ2v) is 8.91. The molecule has 0 radical (unpaired) electrons. The quantitative estimate of drug-likeness (QED) is 0.696. The molecule has 6 heteroatoms. The van der Waals surface area contributed by atoms with Crippen LogP contribution in [0.2, 0.25) is 0 Å². The summed E-state index contributed by atoms with van der Waals surface area (Å²) in [6.45, 7) is 4.37. The van der Waals surface area contributed by atoms with E-state index in [4.69, 9.17) is 4.98 Å². The summed E-state index contributed by atoms with van der Waals surface area (Å²) >= 11 is 0. The van der Waals surface area contributed by atoms with Crippen molar-refractivity contribution < 1.29 is 8.42 Å². The van der Waals surface area contributed by atoms with Crippen LogP contribution in [0.5, 0.6) is 0 Å². The zero-order valence-corrected chi connectivity index (χ0v) is 16.2. The molecule has 1 fully saturated rings. The fraction of sp³-hybridized carbons (Fsp3) is 0.286. The largest absolute Gasteiger partial charge is 0.354 e. The highest BCUT2D eigenvalue weighted by atomic mass is 32.2. The molecular weight excluding hydrogens is 358 g/mol. The van der Waals surface area contributed by atoms with Gasteiger partial charge in [0, 0.05) is 31.6 Å². The Bertz CT molecular complexity index is 1040. The zero-order valence-electron chi connectivity index (χ0n) is 15.4. The number of hydrogen-bond acceptors (Lipinski definition) is 4. The topological polar surface area (TPSA) is 53.5 Å². The third kappa shape index (κ3) is 3.82. The highest BCUT2D eigenvalue weighted by Crippen LogP contribution is 2.24. The van der Waals surface area contributed by atoms with Gasteiger partial charge < -0.3 is 4.90 Å². The van der Waals surface area contributed by atoms with Gasteiger partial charge in [-0.2, -0.15) is 4.31 Å². The van der Waals surface area contributed by atoms with Gasteiger partial charge in [0.15, 0.2) is 0 Å². The van der Waals surface area contributed by atoms with Crippen molar-refractivity contribution in [2.45, 2.75) is 12.7 Å². The molecule has 1 aromatic heterocycles. The SMILES string of the molecule is Cc1cc(N2CCN(S(=O)(=O)Cc3ccccc3)CC2)nc2ccccc12. The molecule has 2 heterocycles. The summed E-state index contributed by atoms with van der Waals surface area (Å²) in [4.78, 5) is 6.95. The molecule has 0 amide bonds. The van der Waals surface area contributed by atoms with Crippen LogP contribution in [0, 0.1) is 6.92 Å². The molecule has 0 spiro atoms. The molecular formula is C21H23N3O2S. The van der Waals surface area contributed by atoms with E-state index in [1.54, 1.807) is 4.31 Å². The zero-order chi connectivity index (χ0) is 18.9. The lowest BCUT2D eigenvalue weighted by atomic mass is 10.1. The number of rotatable bonds is 4. The van der Waals surface area contributed by atoms with Gasteiger partial charge in [-0.05, 0) is 30.2 Å². The van der Waals surface area contributed by atoms with Crippen molar-refractivity contribution in [3.8, 4) is 0 Å². The standard InChI is InChI=1S/C21H23N3O2S/c1-17-15-21(22-20-10-6-5-9-19(17)20)23-11-13-24(14-12-23)27(25,26)16-18-7-3-2-4-8-18/h2-10,15H,11-14,16H2,1H3. The fourth-order valence-electron chi connectivity index (χ4n) is 3.57. The minimum absolute atomic E-state index is 0.0567.